The summed E-state index contributed by atoms with van der Waals surface area (Å²) < 4.78 is 7.76. The summed E-state index contributed by atoms with van der Waals surface area (Å²) in [5.74, 6) is -2.87. The first-order valence-electron chi connectivity index (χ1n) is 16.7. The van der Waals surface area contributed by atoms with E-state index in [1.54, 1.807) is 31.2 Å². The first kappa shape index (κ1) is 32.9. The molecule has 0 unspecified atom stereocenters. The fourth-order valence-electron chi connectivity index (χ4n) is 8.04. The van der Waals surface area contributed by atoms with Crippen LogP contribution in [0.2, 0.25) is 0 Å². The molecule has 3 aliphatic heterocycles. The van der Waals surface area contributed by atoms with E-state index in [-0.39, 0.29) is 62.8 Å². The van der Waals surface area contributed by atoms with E-state index in [0.29, 0.717) is 37.4 Å². The minimum atomic E-state index is -1.67. The van der Waals surface area contributed by atoms with E-state index in [4.69, 9.17) is 4.74 Å². The average molecular weight is 679 g/mol. The number of ketones is 3. The molecule has 0 radical (unpaired) electrons. The Kier molecular flexibility index (Phi) is 7.72. The number of hydrogen-bond donors (Lipinski definition) is 4. The van der Waals surface area contributed by atoms with Gasteiger partial charge in [-0.05, 0) is 71.2 Å². The number of carbonyl (C=O) groups is 4. The summed E-state index contributed by atoms with van der Waals surface area (Å²) in [5, 5.41) is 28.0. The zero-order chi connectivity index (χ0) is 35.8. The van der Waals surface area contributed by atoms with Crippen molar-refractivity contribution in [1.82, 2.24) is 9.88 Å². The van der Waals surface area contributed by atoms with Crippen molar-refractivity contribution in [2.45, 2.75) is 58.9 Å². The lowest BCUT2D eigenvalue weighted by Crippen LogP contribution is -2.47. The summed E-state index contributed by atoms with van der Waals surface area (Å²) in [6.07, 6.45) is 2.12. The molecule has 1 aromatic heterocycles. The number of piperidine rings is 1. The van der Waals surface area contributed by atoms with E-state index < -0.39 is 34.3 Å². The maximum Gasteiger partial charge on any atom is 0.251 e. The Hall–Kier alpha value is -5.65. The molecule has 12 heteroatoms. The van der Waals surface area contributed by atoms with Gasteiger partial charge in [0.05, 0.1) is 22.5 Å². The topological polar surface area (TPSA) is 167 Å². The van der Waals surface area contributed by atoms with Crippen LogP contribution in [0.25, 0.3) is 0 Å². The number of nitrogens with zero attached hydrogens (tertiary/aromatic N) is 2. The number of aromatic nitrogens is 1. The van der Waals surface area contributed by atoms with Crippen LogP contribution >= 0.6 is 0 Å². The van der Waals surface area contributed by atoms with Crippen molar-refractivity contribution >= 4 is 34.6 Å². The maximum absolute atomic E-state index is 14.5. The second-order valence-electron chi connectivity index (χ2n) is 13.7. The quantitative estimate of drug-likeness (QED) is 0.168. The minimum Gasteiger partial charge on any atom is -0.507 e. The van der Waals surface area contributed by atoms with E-state index in [9.17, 15) is 34.2 Å². The monoisotopic (exact) mass is 678 g/mol. The molecule has 4 N–H and O–H groups in total. The number of aromatic hydroxyl groups is 2. The molecule has 3 atom stereocenters. The Labute approximate surface area is 288 Å². The Morgan fingerprint density at radius 3 is 2.52 bits per heavy atom. The minimum absolute atomic E-state index is 0.00483. The lowest BCUT2D eigenvalue weighted by Gasteiger charge is -2.44. The largest absolute Gasteiger partial charge is 0.507 e. The van der Waals surface area contributed by atoms with Crippen LogP contribution in [0.4, 0.5) is 11.4 Å². The number of rotatable bonds is 6. The highest BCUT2D eigenvalue weighted by Gasteiger charge is 2.56. The van der Waals surface area contributed by atoms with Crippen molar-refractivity contribution in [3.05, 3.63) is 97.8 Å². The Morgan fingerprint density at radius 2 is 1.80 bits per heavy atom. The van der Waals surface area contributed by atoms with Gasteiger partial charge in [-0.15, -0.1) is 0 Å². The molecule has 258 valence electrons. The van der Waals surface area contributed by atoms with Crippen LogP contribution < -0.4 is 25.8 Å². The first-order chi connectivity index (χ1) is 23.8. The highest BCUT2D eigenvalue weighted by Crippen LogP contribution is 2.57. The fourth-order valence-corrected chi connectivity index (χ4v) is 8.04. The molecule has 12 nitrogen and oxygen atoms in total. The molecule has 4 heterocycles. The van der Waals surface area contributed by atoms with Gasteiger partial charge in [-0.2, -0.15) is 0 Å². The SMILES string of the molecule is CCNC(=O)c1ccc(N2C[C@H]3C[C@@H](C2)c2cccc(=O)n2C3)c(NC(C)=C2C(=O)C=C3Oc4c(C(C)=O)c(O)c(C)c(O)c4[C@@]3(C)C2=O)c1. The van der Waals surface area contributed by atoms with Crippen LogP contribution in [0, 0.1) is 12.8 Å². The normalized spacial score (nSPS) is 22.9. The zero-order valence-electron chi connectivity index (χ0n) is 28.5. The summed E-state index contributed by atoms with van der Waals surface area (Å²) >= 11 is 0. The third-order valence-corrected chi connectivity index (χ3v) is 10.5. The molecule has 0 saturated carbocycles. The van der Waals surface area contributed by atoms with E-state index in [1.807, 2.05) is 23.6 Å². The lowest BCUT2D eigenvalue weighted by molar-refractivity contribution is -0.123. The van der Waals surface area contributed by atoms with Gasteiger partial charge in [-0.1, -0.05) is 6.07 Å². The van der Waals surface area contributed by atoms with Crippen LogP contribution in [0.5, 0.6) is 17.2 Å². The second-order valence-corrected chi connectivity index (χ2v) is 13.7. The number of amides is 1. The number of allylic oxidation sites excluding steroid dienone is 4. The first-order valence-corrected chi connectivity index (χ1v) is 16.7. The summed E-state index contributed by atoms with van der Waals surface area (Å²) in [7, 11) is 0. The van der Waals surface area contributed by atoms with Gasteiger partial charge in [0.25, 0.3) is 11.5 Å². The van der Waals surface area contributed by atoms with Gasteiger partial charge in [0, 0.05) is 66.8 Å². The van der Waals surface area contributed by atoms with Crippen LogP contribution in [0.1, 0.15) is 77.6 Å². The molecule has 1 fully saturated rings. The van der Waals surface area contributed by atoms with Gasteiger partial charge in [-0.25, -0.2) is 0 Å². The van der Waals surface area contributed by atoms with Crippen LogP contribution in [-0.2, 0) is 21.5 Å². The van der Waals surface area contributed by atoms with Crippen molar-refractivity contribution in [1.29, 1.82) is 0 Å². The number of ether oxygens (including phenoxy) is 1. The van der Waals surface area contributed by atoms with Crippen molar-refractivity contribution in [2.24, 2.45) is 5.92 Å². The maximum atomic E-state index is 14.5. The lowest BCUT2D eigenvalue weighted by atomic mass is 9.70. The molecule has 2 aromatic carbocycles. The van der Waals surface area contributed by atoms with E-state index in [2.05, 4.69) is 15.5 Å². The molecule has 4 aliphatic rings. The standard InChI is InChI=1S/C38H38N4O8/c1-6-39-37(49)22-10-11-26(41-15-21-12-23(17-41)25-8-7-9-29(45)42(25)16-21)24(13-22)40-19(3)30-27(44)14-28-38(5,36(30)48)32-34(47)18(2)33(46)31(20(4)43)35(32)50-28/h7-11,13-14,21,23,40,46-47H,6,12,15-17H2,1-5H3,(H,39,49)/t21-,23+,38+/m1/s1. The number of hydrogen-bond acceptors (Lipinski definition) is 10. The average Bonchev–Trinajstić information content (AvgIpc) is 3.36. The molecule has 50 heavy (non-hydrogen) atoms. The van der Waals surface area contributed by atoms with Gasteiger partial charge >= 0.3 is 0 Å². The number of benzene rings is 2. The summed E-state index contributed by atoms with van der Waals surface area (Å²) in [4.78, 5) is 68.5. The predicted octanol–water partition coefficient (Wildman–Crippen LogP) is 4.22. The molecule has 2 bridgehead atoms. The van der Waals surface area contributed by atoms with Gasteiger partial charge in [0.15, 0.2) is 17.3 Å². The van der Waals surface area contributed by atoms with E-state index >= 15 is 0 Å². The van der Waals surface area contributed by atoms with Gasteiger partial charge in [0.2, 0.25) is 0 Å². The van der Waals surface area contributed by atoms with Crippen LogP contribution in [0.3, 0.4) is 0 Å². The molecule has 0 spiro atoms. The van der Waals surface area contributed by atoms with Gasteiger partial charge in [-0.3, -0.25) is 24.0 Å². The smallest absolute Gasteiger partial charge is 0.251 e. The number of carbonyl (C=O) groups excluding carboxylic acids is 4. The highest BCUT2D eigenvalue weighted by atomic mass is 16.5. The predicted molar refractivity (Wildman–Crippen MR) is 185 cm³/mol. The van der Waals surface area contributed by atoms with Crippen molar-refractivity contribution in [3.63, 3.8) is 0 Å². The number of anilines is 2. The number of fused-ring (bicyclic) bond motifs is 7. The van der Waals surface area contributed by atoms with Crippen LogP contribution in [0.15, 0.2) is 64.3 Å². The Balaban J connectivity index is 1.31. The molecular formula is C38H38N4O8. The zero-order valence-corrected chi connectivity index (χ0v) is 28.5. The number of phenols is 2. The number of Topliss-reactive ketones (excluding diaryl/α,β-unsaturated/α-hetero) is 2. The Morgan fingerprint density at radius 1 is 1.04 bits per heavy atom. The molecule has 1 amide bonds. The highest BCUT2D eigenvalue weighted by molar-refractivity contribution is 6.31. The second kappa shape index (κ2) is 11.7. The van der Waals surface area contributed by atoms with Gasteiger partial charge < -0.3 is 35.1 Å². The third kappa shape index (κ3) is 4.84. The van der Waals surface area contributed by atoms with Crippen molar-refractivity contribution in [2.75, 3.05) is 29.9 Å². The summed E-state index contributed by atoms with van der Waals surface area (Å²) in [6, 6.07) is 10.6. The van der Waals surface area contributed by atoms with Crippen molar-refractivity contribution in [3.8, 4) is 17.2 Å². The molecular weight excluding hydrogens is 640 g/mol. The number of phenolic OH excluding ortho intramolecular Hbond substituents is 2. The van der Waals surface area contributed by atoms with E-state index in [0.717, 1.165) is 17.8 Å². The van der Waals surface area contributed by atoms with Crippen LogP contribution in [-0.4, -0.2) is 57.7 Å². The van der Waals surface area contributed by atoms with Crippen molar-refractivity contribution < 1.29 is 34.1 Å². The fraction of sp³-hybridized carbons (Fsp3) is 0.342. The van der Waals surface area contributed by atoms with Gasteiger partial charge in [0.1, 0.15) is 34.0 Å². The molecule has 3 aromatic rings. The number of pyridine rings is 1. The molecule has 7 rings (SSSR count). The molecule has 1 aliphatic carbocycles. The number of nitrogens with one attached hydrogen (secondary N) is 2. The third-order valence-electron chi connectivity index (χ3n) is 10.5. The summed E-state index contributed by atoms with van der Waals surface area (Å²) in [6.45, 7) is 9.90. The molecule has 1 saturated heterocycles. The van der Waals surface area contributed by atoms with E-state index in [1.165, 1.54) is 26.8 Å². The summed E-state index contributed by atoms with van der Waals surface area (Å²) in [5.41, 5.74) is 0.832. The Bertz CT molecular complexity index is 2180.